The standard InChI is InChI=1S/C19H28N4O8/c20-14-3-1-13(2-4-14)7-15(23(11-18(28)29)12-19(30)31)8-21-5-6-22(9-16(24)25)10-17(26)27/h1-4,15,21H,5-12,20H2,(H,24,25)(H,26,27)(H,28,29)(H,30,31). The predicted octanol–water partition coefficient (Wildman–Crippen LogP) is -1.29. The molecule has 1 aromatic carbocycles. The number of benzene rings is 1. The fourth-order valence-corrected chi connectivity index (χ4v) is 3.02. The van der Waals surface area contributed by atoms with Crippen LogP contribution < -0.4 is 11.1 Å². The lowest BCUT2D eigenvalue weighted by atomic mass is 10.0. The molecule has 1 atom stereocenters. The van der Waals surface area contributed by atoms with Crippen LogP contribution in [-0.2, 0) is 25.6 Å². The molecule has 7 N–H and O–H groups in total. The Labute approximate surface area is 178 Å². The van der Waals surface area contributed by atoms with Crippen molar-refractivity contribution in [2.45, 2.75) is 12.5 Å². The van der Waals surface area contributed by atoms with Gasteiger partial charge in [-0.05, 0) is 24.1 Å². The van der Waals surface area contributed by atoms with Gasteiger partial charge in [-0.25, -0.2) is 0 Å². The summed E-state index contributed by atoms with van der Waals surface area (Å²) in [6.45, 7) is -1.26. The van der Waals surface area contributed by atoms with Crippen LogP contribution in [0.5, 0.6) is 0 Å². The first-order valence-corrected chi connectivity index (χ1v) is 9.45. The van der Waals surface area contributed by atoms with E-state index in [1.54, 1.807) is 24.3 Å². The SMILES string of the molecule is Nc1ccc(CC(CNCCN(CC(=O)O)CC(=O)O)N(CC(=O)O)CC(=O)O)cc1. The van der Waals surface area contributed by atoms with Gasteiger partial charge in [-0.2, -0.15) is 0 Å². The summed E-state index contributed by atoms with van der Waals surface area (Å²) in [5.74, 6) is -4.65. The third-order valence-electron chi connectivity index (χ3n) is 4.35. The molecule has 0 saturated heterocycles. The maximum absolute atomic E-state index is 11.2. The van der Waals surface area contributed by atoms with Crippen molar-refractivity contribution in [2.75, 3.05) is 51.5 Å². The molecule has 12 nitrogen and oxygen atoms in total. The number of nitrogens with two attached hydrogens (primary N) is 1. The fourth-order valence-electron chi connectivity index (χ4n) is 3.02. The minimum absolute atomic E-state index is 0.130. The molecular weight excluding hydrogens is 412 g/mol. The first-order chi connectivity index (χ1) is 14.6. The molecule has 1 aromatic rings. The molecule has 0 spiro atoms. The normalized spacial score (nSPS) is 12.1. The monoisotopic (exact) mass is 440 g/mol. The first kappa shape index (κ1) is 25.8. The van der Waals surface area contributed by atoms with Crippen LogP contribution in [0.15, 0.2) is 24.3 Å². The number of hydrogen-bond donors (Lipinski definition) is 6. The van der Waals surface area contributed by atoms with Crippen molar-refractivity contribution in [1.29, 1.82) is 0 Å². The summed E-state index contributed by atoms with van der Waals surface area (Å²) in [5, 5.41) is 39.2. The molecule has 172 valence electrons. The van der Waals surface area contributed by atoms with E-state index in [1.807, 2.05) is 0 Å². The van der Waals surface area contributed by atoms with Gasteiger partial charge in [0.2, 0.25) is 0 Å². The van der Waals surface area contributed by atoms with E-state index in [0.717, 1.165) is 5.56 Å². The number of aliphatic carboxylic acids is 4. The molecule has 0 aliphatic carbocycles. The zero-order chi connectivity index (χ0) is 23.4. The van der Waals surface area contributed by atoms with Crippen LogP contribution in [0.4, 0.5) is 5.69 Å². The number of rotatable bonds is 16. The minimum Gasteiger partial charge on any atom is -0.480 e. The van der Waals surface area contributed by atoms with Crippen LogP contribution in [0.25, 0.3) is 0 Å². The van der Waals surface area contributed by atoms with Crippen molar-refractivity contribution < 1.29 is 39.6 Å². The number of nitrogens with zero attached hydrogens (tertiary/aromatic N) is 2. The lowest BCUT2D eigenvalue weighted by molar-refractivity contribution is -0.144. The number of nitrogens with one attached hydrogen (secondary N) is 1. The molecule has 0 saturated carbocycles. The lowest BCUT2D eigenvalue weighted by Gasteiger charge is -2.30. The zero-order valence-electron chi connectivity index (χ0n) is 16.9. The predicted molar refractivity (Wildman–Crippen MR) is 110 cm³/mol. The highest BCUT2D eigenvalue weighted by Gasteiger charge is 2.23. The Morgan fingerprint density at radius 2 is 1.32 bits per heavy atom. The third-order valence-corrected chi connectivity index (χ3v) is 4.35. The van der Waals surface area contributed by atoms with E-state index < -0.39 is 56.1 Å². The highest BCUT2D eigenvalue weighted by molar-refractivity contribution is 5.73. The van der Waals surface area contributed by atoms with Crippen LogP contribution in [0.1, 0.15) is 5.56 Å². The molecule has 0 aliphatic heterocycles. The summed E-state index contributed by atoms with van der Waals surface area (Å²) < 4.78 is 0. The number of anilines is 1. The molecule has 0 aliphatic rings. The van der Waals surface area contributed by atoms with Gasteiger partial charge in [0.1, 0.15) is 0 Å². The van der Waals surface area contributed by atoms with Gasteiger partial charge < -0.3 is 31.5 Å². The average molecular weight is 440 g/mol. The van der Waals surface area contributed by atoms with Gasteiger partial charge in [-0.15, -0.1) is 0 Å². The summed E-state index contributed by atoms with van der Waals surface area (Å²) in [4.78, 5) is 46.8. The van der Waals surface area contributed by atoms with E-state index in [0.29, 0.717) is 12.1 Å². The van der Waals surface area contributed by atoms with Crippen LogP contribution in [-0.4, -0.2) is 106 Å². The quantitative estimate of drug-likeness (QED) is 0.132. The number of carbonyl (C=O) groups is 4. The number of carboxylic acids is 4. The molecule has 0 radical (unpaired) electrons. The summed E-state index contributed by atoms with van der Waals surface area (Å²) in [6.07, 6.45) is 0.349. The van der Waals surface area contributed by atoms with Crippen LogP contribution in [0, 0.1) is 0 Å². The van der Waals surface area contributed by atoms with Crippen molar-refractivity contribution in [3.8, 4) is 0 Å². The van der Waals surface area contributed by atoms with Gasteiger partial charge in [0.15, 0.2) is 0 Å². The third kappa shape index (κ3) is 11.5. The minimum atomic E-state index is -1.17. The van der Waals surface area contributed by atoms with Gasteiger partial charge in [0.25, 0.3) is 0 Å². The van der Waals surface area contributed by atoms with Gasteiger partial charge in [0.05, 0.1) is 26.2 Å². The summed E-state index contributed by atoms with van der Waals surface area (Å²) >= 11 is 0. The second-order valence-corrected chi connectivity index (χ2v) is 6.99. The smallest absolute Gasteiger partial charge is 0.317 e. The average Bonchev–Trinajstić information content (AvgIpc) is 2.63. The first-order valence-electron chi connectivity index (χ1n) is 9.45. The number of hydrogen-bond acceptors (Lipinski definition) is 8. The Bertz CT molecular complexity index is 724. The Morgan fingerprint density at radius 1 is 0.839 bits per heavy atom. The van der Waals surface area contributed by atoms with Crippen LogP contribution >= 0.6 is 0 Å². The Hall–Kier alpha value is -3.22. The zero-order valence-corrected chi connectivity index (χ0v) is 16.9. The highest BCUT2D eigenvalue weighted by atomic mass is 16.4. The van der Waals surface area contributed by atoms with Gasteiger partial charge >= 0.3 is 23.9 Å². The molecule has 1 unspecified atom stereocenters. The molecular formula is C19H28N4O8. The van der Waals surface area contributed by atoms with Crippen molar-refractivity contribution >= 4 is 29.6 Å². The van der Waals surface area contributed by atoms with E-state index in [2.05, 4.69) is 5.32 Å². The van der Waals surface area contributed by atoms with Crippen molar-refractivity contribution in [3.05, 3.63) is 29.8 Å². The Kier molecular flexibility index (Phi) is 11.0. The molecule has 1 rings (SSSR count). The van der Waals surface area contributed by atoms with Crippen molar-refractivity contribution in [3.63, 3.8) is 0 Å². The summed E-state index contributed by atoms with van der Waals surface area (Å²) in [7, 11) is 0. The number of carboxylic acid groups (broad SMARTS) is 4. The highest BCUT2D eigenvalue weighted by Crippen LogP contribution is 2.12. The van der Waals surface area contributed by atoms with E-state index >= 15 is 0 Å². The molecule has 0 heterocycles. The van der Waals surface area contributed by atoms with E-state index in [1.165, 1.54) is 9.80 Å². The molecule has 0 fully saturated rings. The number of nitrogen functional groups attached to an aromatic ring is 1. The summed E-state index contributed by atoms with van der Waals surface area (Å²) in [5.41, 5.74) is 7.07. The topological polar surface area (TPSA) is 194 Å². The van der Waals surface area contributed by atoms with Crippen molar-refractivity contribution in [2.24, 2.45) is 0 Å². The molecule has 0 amide bonds. The second kappa shape index (κ2) is 13.2. The lowest BCUT2D eigenvalue weighted by Crippen LogP contribution is -2.49. The Balaban J connectivity index is 2.82. The second-order valence-electron chi connectivity index (χ2n) is 6.99. The largest absolute Gasteiger partial charge is 0.480 e. The molecule has 0 bridgehead atoms. The maximum Gasteiger partial charge on any atom is 0.317 e. The summed E-state index contributed by atoms with van der Waals surface area (Å²) in [6, 6.07) is 6.42. The van der Waals surface area contributed by atoms with Gasteiger partial charge in [-0.3, -0.25) is 29.0 Å². The fraction of sp³-hybridized carbons (Fsp3) is 0.474. The van der Waals surface area contributed by atoms with Gasteiger partial charge in [0, 0.05) is 31.4 Å². The molecule has 31 heavy (non-hydrogen) atoms. The van der Waals surface area contributed by atoms with E-state index in [4.69, 9.17) is 15.9 Å². The molecule has 0 aromatic heterocycles. The van der Waals surface area contributed by atoms with E-state index in [9.17, 15) is 29.4 Å². The van der Waals surface area contributed by atoms with Crippen LogP contribution in [0.2, 0.25) is 0 Å². The maximum atomic E-state index is 11.2. The van der Waals surface area contributed by atoms with Crippen molar-refractivity contribution in [1.82, 2.24) is 15.1 Å². The van der Waals surface area contributed by atoms with E-state index in [-0.39, 0.29) is 19.6 Å². The van der Waals surface area contributed by atoms with Gasteiger partial charge in [-0.1, -0.05) is 12.1 Å². The Morgan fingerprint density at radius 3 is 1.77 bits per heavy atom. The molecule has 12 heteroatoms. The van der Waals surface area contributed by atoms with Crippen LogP contribution in [0.3, 0.4) is 0 Å².